The summed E-state index contributed by atoms with van der Waals surface area (Å²) in [6, 6.07) is 8.48. The van der Waals surface area contributed by atoms with E-state index < -0.39 is 0 Å². The second-order valence-electron chi connectivity index (χ2n) is 4.12. The van der Waals surface area contributed by atoms with Crippen molar-refractivity contribution in [2.45, 2.75) is 18.7 Å². The molecular weight excluding hydrogens is 294 g/mol. The van der Waals surface area contributed by atoms with E-state index in [1.165, 1.54) is 12.1 Å². The molecule has 4 nitrogen and oxygen atoms in total. The first-order valence-corrected chi connectivity index (χ1v) is 6.30. The van der Waals surface area contributed by atoms with Crippen LogP contribution in [-0.2, 0) is 4.79 Å². The largest absolute Gasteiger partial charge is 0.325 e. The van der Waals surface area contributed by atoms with E-state index >= 15 is 0 Å². The molecule has 1 unspecified atom stereocenters. The standard InChI is InChI=1S/C13H12BrN3O/c1-8(2)12(14)13(18)17-11-4-3-9(6-15)10(5-11)7-16/h3-5,8,12H,1-2H3,(H,17,18). The van der Waals surface area contributed by atoms with Crippen molar-refractivity contribution in [2.24, 2.45) is 5.92 Å². The third-order valence-corrected chi connectivity index (χ3v) is 3.84. The molecule has 0 heterocycles. The van der Waals surface area contributed by atoms with Crippen LogP contribution in [0.4, 0.5) is 5.69 Å². The number of carbonyl (C=O) groups is 1. The highest BCUT2D eigenvalue weighted by Crippen LogP contribution is 2.18. The van der Waals surface area contributed by atoms with Gasteiger partial charge in [0.15, 0.2) is 0 Å². The normalized spacial score (nSPS) is 11.4. The highest BCUT2D eigenvalue weighted by molar-refractivity contribution is 9.10. The molecule has 92 valence electrons. The fourth-order valence-corrected chi connectivity index (χ4v) is 1.44. The van der Waals surface area contributed by atoms with Gasteiger partial charge in [0.1, 0.15) is 12.1 Å². The Morgan fingerprint density at radius 2 is 1.89 bits per heavy atom. The van der Waals surface area contributed by atoms with Gasteiger partial charge >= 0.3 is 0 Å². The first-order valence-electron chi connectivity index (χ1n) is 5.38. The first kappa shape index (κ1) is 14.2. The monoisotopic (exact) mass is 305 g/mol. The van der Waals surface area contributed by atoms with Crippen LogP contribution < -0.4 is 5.32 Å². The number of hydrogen-bond acceptors (Lipinski definition) is 3. The van der Waals surface area contributed by atoms with Crippen LogP contribution >= 0.6 is 15.9 Å². The third-order valence-electron chi connectivity index (χ3n) is 2.36. The highest BCUT2D eigenvalue weighted by Gasteiger charge is 2.18. The number of nitrogens with zero attached hydrogens (tertiary/aromatic N) is 2. The lowest BCUT2D eigenvalue weighted by Crippen LogP contribution is -2.27. The lowest BCUT2D eigenvalue weighted by molar-refractivity contribution is -0.116. The third kappa shape index (κ3) is 3.32. The summed E-state index contributed by atoms with van der Waals surface area (Å²) in [6.07, 6.45) is 0. The van der Waals surface area contributed by atoms with Crippen LogP contribution in [0.5, 0.6) is 0 Å². The molecule has 1 rings (SSSR count). The van der Waals surface area contributed by atoms with Crippen molar-refractivity contribution in [2.75, 3.05) is 5.32 Å². The minimum absolute atomic E-state index is 0.166. The predicted molar refractivity (Wildman–Crippen MR) is 72.1 cm³/mol. The van der Waals surface area contributed by atoms with Crippen molar-refractivity contribution in [3.8, 4) is 12.1 Å². The molecule has 0 fully saturated rings. The molecule has 1 aromatic carbocycles. The first-order chi connectivity index (χ1) is 8.49. The SMILES string of the molecule is CC(C)C(Br)C(=O)Nc1ccc(C#N)c(C#N)c1. The summed E-state index contributed by atoms with van der Waals surface area (Å²) in [6.45, 7) is 3.86. The Hall–Kier alpha value is -1.85. The van der Waals surface area contributed by atoms with E-state index in [1.54, 1.807) is 6.07 Å². The molecule has 0 aromatic heterocycles. The van der Waals surface area contributed by atoms with Gasteiger partial charge in [0.25, 0.3) is 0 Å². The molecule has 1 amide bonds. The summed E-state index contributed by atoms with van der Waals surface area (Å²) in [5, 5.41) is 20.4. The zero-order chi connectivity index (χ0) is 13.7. The van der Waals surface area contributed by atoms with Crippen LogP contribution in [0.3, 0.4) is 0 Å². The molecule has 1 atom stereocenters. The number of halogens is 1. The average Bonchev–Trinajstić information content (AvgIpc) is 2.37. The molecule has 1 N–H and O–H groups in total. The van der Waals surface area contributed by atoms with Gasteiger partial charge in [0.2, 0.25) is 5.91 Å². The van der Waals surface area contributed by atoms with Crippen molar-refractivity contribution >= 4 is 27.5 Å². The Balaban J connectivity index is 2.91. The van der Waals surface area contributed by atoms with Gasteiger partial charge in [-0.05, 0) is 24.1 Å². The summed E-state index contributed by atoms with van der Waals surface area (Å²) >= 11 is 3.30. The van der Waals surface area contributed by atoms with Gasteiger partial charge in [-0.1, -0.05) is 29.8 Å². The number of nitriles is 2. The maximum absolute atomic E-state index is 11.8. The maximum atomic E-state index is 11.8. The molecular formula is C13H12BrN3O. The predicted octanol–water partition coefficient (Wildman–Crippen LogP) is 2.79. The van der Waals surface area contributed by atoms with Crippen molar-refractivity contribution < 1.29 is 4.79 Å². The Labute approximate surface area is 114 Å². The quantitative estimate of drug-likeness (QED) is 0.872. The Kier molecular flexibility index (Phi) is 4.88. The van der Waals surface area contributed by atoms with Crippen molar-refractivity contribution in [3.05, 3.63) is 29.3 Å². The Morgan fingerprint density at radius 3 is 2.39 bits per heavy atom. The van der Waals surface area contributed by atoms with Crippen LogP contribution in [0.1, 0.15) is 25.0 Å². The van der Waals surface area contributed by atoms with Crippen LogP contribution in [-0.4, -0.2) is 10.7 Å². The number of carbonyl (C=O) groups excluding carboxylic acids is 1. The topological polar surface area (TPSA) is 76.7 Å². The summed E-state index contributed by atoms with van der Waals surface area (Å²) in [5.41, 5.74) is 1.07. The number of anilines is 1. The van der Waals surface area contributed by atoms with Crippen LogP contribution in [0, 0.1) is 28.6 Å². The zero-order valence-electron chi connectivity index (χ0n) is 10.1. The minimum atomic E-state index is -0.293. The van der Waals surface area contributed by atoms with Gasteiger partial charge in [-0.2, -0.15) is 10.5 Å². The second-order valence-corrected chi connectivity index (χ2v) is 5.11. The molecule has 0 spiro atoms. The van der Waals surface area contributed by atoms with Crippen molar-refractivity contribution in [1.82, 2.24) is 0 Å². The molecule has 18 heavy (non-hydrogen) atoms. The summed E-state index contributed by atoms with van der Waals surface area (Å²) < 4.78 is 0. The summed E-state index contributed by atoms with van der Waals surface area (Å²) in [7, 11) is 0. The molecule has 0 saturated carbocycles. The van der Waals surface area contributed by atoms with Crippen LogP contribution in [0.15, 0.2) is 18.2 Å². The molecule has 1 aromatic rings. The Bertz CT molecular complexity index is 540. The number of alkyl halides is 1. The number of benzene rings is 1. The molecule has 0 aliphatic carbocycles. The smallest absolute Gasteiger partial charge is 0.238 e. The number of nitrogens with one attached hydrogen (secondary N) is 1. The molecule has 0 bridgehead atoms. The average molecular weight is 306 g/mol. The zero-order valence-corrected chi connectivity index (χ0v) is 11.7. The van der Waals surface area contributed by atoms with E-state index in [0.717, 1.165) is 0 Å². The van der Waals surface area contributed by atoms with E-state index in [4.69, 9.17) is 10.5 Å². The fraction of sp³-hybridized carbons (Fsp3) is 0.308. The van der Waals surface area contributed by atoms with Crippen LogP contribution in [0.25, 0.3) is 0 Å². The van der Waals surface area contributed by atoms with E-state index in [2.05, 4.69) is 21.2 Å². The van der Waals surface area contributed by atoms with Gasteiger partial charge in [0, 0.05) is 5.69 Å². The number of amides is 1. The summed E-state index contributed by atoms with van der Waals surface area (Å²) in [4.78, 5) is 11.5. The van der Waals surface area contributed by atoms with Gasteiger partial charge < -0.3 is 5.32 Å². The van der Waals surface area contributed by atoms with Gasteiger partial charge in [-0.25, -0.2) is 0 Å². The molecule has 0 saturated heterocycles. The van der Waals surface area contributed by atoms with Gasteiger partial charge in [-0.15, -0.1) is 0 Å². The minimum Gasteiger partial charge on any atom is -0.325 e. The molecule has 5 heteroatoms. The van der Waals surface area contributed by atoms with E-state index in [1.807, 2.05) is 26.0 Å². The van der Waals surface area contributed by atoms with Gasteiger partial charge in [0.05, 0.1) is 16.0 Å². The maximum Gasteiger partial charge on any atom is 0.238 e. The van der Waals surface area contributed by atoms with E-state index in [0.29, 0.717) is 11.3 Å². The molecule has 0 aliphatic rings. The van der Waals surface area contributed by atoms with Crippen LogP contribution in [0.2, 0.25) is 0 Å². The number of hydrogen-bond donors (Lipinski definition) is 1. The molecule has 0 radical (unpaired) electrons. The van der Waals surface area contributed by atoms with E-state index in [-0.39, 0.29) is 22.2 Å². The highest BCUT2D eigenvalue weighted by atomic mass is 79.9. The summed E-state index contributed by atoms with van der Waals surface area (Å²) in [5.74, 6) is -0.00239. The Morgan fingerprint density at radius 1 is 1.28 bits per heavy atom. The molecule has 0 aliphatic heterocycles. The number of rotatable bonds is 3. The lowest BCUT2D eigenvalue weighted by atomic mass is 10.1. The second kappa shape index (κ2) is 6.18. The van der Waals surface area contributed by atoms with Crippen molar-refractivity contribution in [3.63, 3.8) is 0 Å². The van der Waals surface area contributed by atoms with Crippen molar-refractivity contribution in [1.29, 1.82) is 10.5 Å². The fourth-order valence-electron chi connectivity index (χ4n) is 1.33. The van der Waals surface area contributed by atoms with Gasteiger partial charge in [-0.3, -0.25) is 4.79 Å². The lowest BCUT2D eigenvalue weighted by Gasteiger charge is -2.14. The van der Waals surface area contributed by atoms with E-state index in [9.17, 15) is 4.79 Å².